The van der Waals surface area contributed by atoms with E-state index in [4.69, 9.17) is 30.6 Å². The molecule has 118 valence electrons. The topological polar surface area (TPSA) is 173 Å². The molecule has 0 saturated heterocycles. The van der Waals surface area contributed by atoms with Gasteiger partial charge in [0.25, 0.3) is 15.2 Å². The molecule has 0 aromatic carbocycles. The molecular formula is C6H6Fe2O9S3. The van der Waals surface area contributed by atoms with Crippen LogP contribution in [0.15, 0.2) is 0 Å². The molecule has 0 amide bonds. The van der Waals surface area contributed by atoms with Crippen molar-refractivity contribution >= 4 is 69.7 Å². The minimum atomic E-state index is -1.45. The molecule has 9 nitrogen and oxygen atoms in total. The molecule has 0 aliphatic rings. The number of aliphatic hydroxyl groups excluding tert-OH is 3. The summed E-state index contributed by atoms with van der Waals surface area (Å²) >= 11 is 11.3. The molecule has 0 aliphatic carbocycles. The van der Waals surface area contributed by atoms with E-state index < -0.39 is 33.1 Å². The van der Waals surface area contributed by atoms with E-state index in [1.165, 1.54) is 0 Å². The zero-order valence-electron chi connectivity index (χ0n) is 8.84. The van der Waals surface area contributed by atoms with Crippen molar-refractivity contribution in [3.05, 3.63) is 0 Å². The summed E-state index contributed by atoms with van der Waals surface area (Å²) in [6.45, 7) is 0. The Hall–Kier alpha value is -0.881. The summed E-state index contributed by atoms with van der Waals surface area (Å²) in [5, 5.41) is 43.1. The number of carboxylic acid groups (broad SMARTS) is 3. The maximum atomic E-state index is 9.31. The Morgan fingerprint density at radius 1 is 0.500 bits per heavy atom. The van der Waals surface area contributed by atoms with Gasteiger partial charge in [0, 0.05) is 34.1 Å². The minimum absolute atomic E-state index is 0. The number of rotatable bonds is 0. The predicted molar refractivity (Wildman–Crippen MR) is 68.6 cm³/mol. The van der Waals surface area contributed by atoms with E-state index in [1.54, 1.807) is 0 Å². The third kappa shape index (κ3) is 36.0. The van der Waals surface area contributed by atoms with E-state index >= 15 is 0 Å². The number of carbonyl (C=O) groups is 3. The molecule has 14 heteroatoms. The van der Waals surface area contributed by atoms with Gasteiger partial charge in [-0.25, -0.2) is 14.4 Å². The van der Waals surface area contributed by atoms with Gasteiger partial charge in [0.2, 0.25) is 0 Å². The molecule has 6 N–H and O–H groups in total. The van der Waals surface area contributed by atoms with E-state index in [-0.39, 0.29) is 34.1 Å². The molecule has 0 saturated carbocycles. The second kappa shape index (κ2) is 18.1. The van der Waals surface area contributed by atoms with Gasteiger partial charge in [0.1, 0.15) is 0 Å². The molecule has 0 radical (unpaired) electrons. The van der Waals surface area contributed by atoms with Gasteiger partial charge >= 0.3 is 17.9 Å². The average molecular weight is 430 g/mol. The molecule has 0 aromatic heterocycles. The van der Waals surface area contributed by atoms with Crippen LogP contribution < -0.4 is 0 Å². The van der Waals surface area contributed by atoms with Crippen molar-refractivity contribution in [2.45, 2.75) is 0 Å². The molecule has 0 spiro atoms. The molecule has 0 atom stereocenters. The van der Waals surface area contributed by atoms with Gasteiger partial charge in [0.15, 0.2) is 0 Å². The number of hydrogen-bond donors (Lipinski definition) is 6. The van der Waals surface area contributed by atoms with Crippen molar-refractivity contribution < 1.29 is 79.2 Å². The zero-order valence-corrected chi connectivity index (χ0v) is 13.5. The van der Waals surface area contributed by atoms with Crippen molar-refractivity contribution in [2.75, 3.05) is 0 Å². The van der Waals surface area contributed by atoms with E-state index in [9.17, 15) is 14.4 Å². The van der Waals surface area contributed by atoms with Gasteiger partial charge in [-0.2, -0.15) is 0 Å². The predicted octanol–water partition coefficient (Wildman–Crippen LogP) is -0.136. The maximum Gasteiger partial charge on any atom is 0.382 e. The Bertz CT molecular complexity index is 291. The molecule has 0 bridgehead atoms. The van der Waals surface area contributed by atoms with Crippen LogP contribution in [0.5, 0.6) is 0 Å². The Labute approximate surface area is 148 Å². The van der Waals surface area contributed by atoms with Gasteiger partial charge in [-0.1, -0.05) is 0 Å². The van der Waals surface area contributed by atoms with Crippen molar-refractivity contribution in [1.29, 1.82) is 0 Å². The molecule has 0 aliphatic heterocycles. The fourth-order valence-corrected chi connectivity index (χ4v) is 0. The Balaban J connectivity index is -0.0000000536. The van der Waals surface area contributed by atoms with Gasteiger partial charge < -0.3 is 30.6 Å². The Morgan fingerprint density at radius 3 is 0.550 bits per heavy atom. The first-order valence-electron chi connectivity index (χ1n) is 3.32. The van der Waals surface area contributed by atoms with E-state index in [0.717, 1.165) is 0 Å². The average Bonchev–Trinajstić information content (AvgIpc) is 2.18. The van der Waals surface area contributed by atoms with Crippen LogP contribution in [0.25, 0.3) is 0 Å². The monoisotopic (exact) mass is 430 g/mol. The van der Waals surface area contributed by atoms with Crippen molar-refractivity contribution in [1.82, 2.24) is 0 Å². The first kappa shape index (κ1) is 31.5. The van der Waals surface area contributed by atoms with Crippen LogP contribution in [0, 0.1) is 0 Å². The Kier molecular flexibility index (Phi) is 28.5. The summed E-state index contributed by atoms with van der Waals surface area (Å²) in [6.07, 6.45) is 0. The first-order chi connectivity index (χ1) is 7.93. The fourth-order valence-electron chi connectivity index (χ4n) is 0. The smallest absolute Gasteiger partial charge is 0.382 e. The number of hydrogen-bond acceptors (Lipinski definition) is 6. The van der Waals surface area contributed by atoms with E-state index in [0.29, 0.717) is 0 Å². The van der Waals surface area contributed by atoms with Crippen LogP contribution in [0.1, 0.15) is 0 Å². The molecule has 0 unspecified atom stereocenters. The molecule has 0 rings (SSSR count). The zero-order chi connectivity index (χ0) is 15.5. The summed E-state index contributed by atoms with van der Waals surface area (Å²) in [5.74, 6) is -4.36. The fraction of sp³-hybridized carbons (Fsp3) is 0. The molecule has 0 aromatic rings. The van der Waals surface area contributed by atoms with Crippen molar-refractivity contribution in [3.8, 4) is 0 Å². The third-order valence-electron chi connectivity index (χ3n) is 0.549. The quantitative estimate of drug-likeness (QED) is 0.222. The number of carboxylic acids is 3. The summed E-state index contributed by atoms with van der Waals surface area (Å²) in [6, 6.07) is 0. The standard InChI is InChI=1S/3C2H2O3S.2Fe/c3*3-1(4)2(5)6;;/h3*(H,3,4)(H,5,6);;. The molecule has 20 heavy (non-hydrogen) atoms. The van der Waals surface area contributed by atoms with Crippen LogP contribution in [0.3, 0.4) is 0 Å². The normalized spacial score (nSPS) is 6.60. The van der Waals surface area contributed by atoms with Crippen LogP contribution >= 0.6 is 36.7 Å². The summed E-state index contributed by atoms with van der Waals surface area (Å²) in [5.41, 5.74) is 0. The summed E-state index contributed by atoms with van der Waals surface area (Å²) < 4.78 is 0. The molecule has 0 fully saturated rings. The van der Waals surface area contributed by atoms with E-state index in [2.05, 4.69) is 36.7 Å². The second-order valence-corrected chi connectivity index (χ2v) is 2.99. The van der Waals surface area contributed by atoms with Crippen LogP contribution in [-0.2, 0) is 48.5 Å². The van der Waals surface area contributed by atoms with Gasteiger partial charge in [-0.15, -0.1) is 0 Å². The largest absolute Gasteiger partial charge is 0.494 e. The second-order valence-electron chi connectivity index (χ2n) is 1.83. The number of thiocarbonyl (C=S) groups is 3. The minimum Gasteiger partial charge on any atom is -0.494 e. The van der Waals surface area contributed by atoms with Crippen LogP contribution in [0.4, 0.5) is 0 Å². The maximum absolute atomic E-state index is 9.31. The van der Waals surface area contributed by atoms with Crippen LogP contribution in [-0.4, -0.2) is 63.7 Å². The van der Waals surface area contributed by atoms with Gasteiger partial charge in [-0.05, 0) is 36.7 Å². The first-order valence-corrected chi connectivity index (χ1v) is 4.54. The van der Waals surface area contributed by atoms with Crippen LogP contribution in [0.2, 0.25) is 0 Å². The van der Waals surface area contributed by atoms with Crippen molar-refractivity contribution in [3.63, 3.8) is 0 Å². The number of aliphatic hydroxyl groups is 3. The number of aliphatic carboxylic acids is 3. The van der Waals surface area contributed by atoms with Crippen molar-refractivity contribution in [2.24, 2.45) is 0 Å². The molecular weight excluding hydrogens is 424 g/mol. The van der Waals surface area contributed by atoms with E-state index in [1.807, 2.05) is 0 Å². The third-order valence-corrected chi connectivity index (χ3v) is 1.07. The summed E-state index contributed by atoms with van der Waals surface area (Å²) in [4.78, 5) is 27.9. The molecule has 0 heterocycles. The SMILES string of the molecule is O=C(O)C(O)=S.O=C(O)C(O)=S.O=C(O)C(O)=S.[Fe].[Fe]. The van der Waals surface area contributed by atoms with Gasteiger partial charge in [0.05, 0.1) is 0 Å². The van der Waals surface area contributed by atoms with Gasteiger partial charge in [-0.3, -0.25) is 0 Å². The Morgan fingerprint density at radius 2 is 0.550 bits per heavy atom. The summed E-state index contributed by atoms with van der Waals surface area (Å²) in [7, 11) is 0.